The predicted molar refractivity (Wildman–Crippen MR) is 85.0 cm³/mol. The minimum atomic E-state index is 0.0309. The number of hydrogen-bond acceptors (Lipinski definition) is 6. The van der Waals surface area contributed by atoms with E-state index in [1.54, 1.807) is 6.26 Å². The van der Waals surface area contributed by atoms with E-state index in [-0.39, 0.29) is 12.0 Å². The summed E-state index contributed by atoms with van der Waals surface area (Å²) in [5.41, 5.74) is 1.15. The van der Waals surface area contributed by atoms with Gasteiger partial charge in [-0.2, -0.15) is 4.98 Å². The molecule has 1 N–H and O–H groups in total. The van der Waals surface area contributed by atoms with Crippen LogP contribution in [-0.4, -0.2) is 23.4 Å². The van der Waals surface area contributed by atoms with Crippen molar-refractivity contribution in [2.24, 2.45) is 5.92 Å². The van der Waals surface area contributed by atoms with Gasteiger partial charge in [-0.1, -0.05) is 19.0 Å². The molecule has 1 atom stereocenters. The molecule has 2 aromatic rings. The lowest BCUT2D eigenvalue weighted by Crippen LogP contribution is -2.32. The molecule has 2 aromatic heterocycles. The third kappa shape index (κ3) is 3.82. The fraction of sp³-hybridized carbons (Fsp3) is 0.647. The lowest BCUT2D eigenvalue weighted by molar-refractivity contribution is 0.0482. The molecule has 0 radical (unpaired) electrons. The minimum absolute atomic E-state index is 0.0309. The average molecular weight is 319 g/mol. The van der Waals surface area contributed by atoms with Gasteiger partial charge in [0.1, 0.15) is 5.76 Å². The van der Waals surface area contributed by atoms with Gasteiger partial charge in [-0.3, -0.25) is 5.32 Å². The molecule has 1 aliphatic rings. The summed E-state index contributed by atoms with van der Waals surface area (Å²) in [4.78, 5) is 4.60. The molecule has 6 heteroatoms. The Labute approximate surface area is 136 Å². The summed E-state index contributed by atoms with van der Waals surface area (Å²) in [6.45, 7) is 8.41. The summed E-state index contributed by atoms with van der Waals surface area (Å²) >= 11 is 0. The first-order valence-corrected chi connectivity index (χ1v) is 8.32. The highest BCUT2D eigenvalue weighted by Gasteiger charge is 2.30. The lowest BCUT2D eigenvalue weighted by atomic mass is 9.91. The number of furan rings is 1. The zero-order valence-electron chi connectivity index (χ0n) is 14.0. The highest BCUT2D eigenvalue weighted by atomic mass is 16.5. The Hall–Kier alpha value is -1.66. The summed E-state index contributed by atoms with van der Waals surface area (Å²) in [5, 5.41) is 7.67. The van der Waals surface area contributed by atoms with Crippen molar-refractivity contribution in [1.29, 1.82) is 0 Å². The lowest BCUT2D eigenvalue weighted by Gasteiger charge is -2.28. The van der Waals surface area contributed by atoms with E-state index in [1.165, 1.54) is 0 Å². The Kier molecular flexibility index (Phi) is 5.13. The second-order valence-electron chi connectivity index (χ2n) is 6.48. The molecule has 0 unspecified atom stereocenters. The molecular weight excluding hydrogens is 294 g/mol. The smallest absolute Gasteiger partial charge is 0.244 e. The van der Waals surface area contributed by atoms with E-state index in [1.807, 2.05) is 13.0 Å². The number of aryl methyl sites for hydroxylation is 1. The first-order valence-electron chi connectivity index (χ1n) is 8.32. The maximum Gasteiger partial charge on any atom is 0.244 e. The van der Waals surface area contributed by atoms with Crippen LogP contribution in [0.4, 0.5) is 0 Å². The quantitative estimate of drug-likeness (QED) is 0.880. The molecule has 1 fully saturated rings. The largest absolute Gasteiger partial charge is 0.468 e. The molecule has 0 aliphatic carbocycles. The van der Waals surface area contributed by atoms with Gasteiger partial charge in [-0.25, -0.2) is 0 Å². The van der Waals surface area contributed by atoms with Gasteiger partial charge in [0.2, 0.25) is 5.89 Å². The number of nitrogens with zero attached hydrogens (tertiary/aromatic N) is 2. The predicted octanol–water partition coefficient (Wildman–Crippen LogP) is 3.35. The molecule has 0 bridgehead atoms. The molecule has 0 spiro atoms. The van der Waals surface area contributed by atoms with E-state index >= 15 is 0 Å². The molecule has 0 aromatic carbocycles. The zero-order valence-corrected chi connectivity index (χ0v) is 14.0. The van der Waals surface area contributed by atoms with E-state index < -0.39 is 0 Å². The normalized spacial score (nSPS) is 17.7. The molecule has 3 heterocycles. The monoisotopic (exact) mass is 319 g/mol. The number of ether oxygens (including phenoxy) is 1. The van der Waals surface area contributed by atoms with Gasteiger partial charge in [-0.15, -0.1) is 0 Å². The summed E-state index contributed by atoms with van der Waals surface area (Å²) < 4.78 is 16.6. The van der Waals surface area contributed by atoms with Crippen molar-refractivity contribution in [3.63, 3.8) is 0 Å². The van der Waals surface area contributed by atoms with Gasteiger partial charge in [-0.05, 0) is 37.3 Å². The van der Waals surface area contributed by atoms with Gasteiger partial charge in [0, 0.05) is 19.1 Å². The first-order chi connectivity index (χ1) is 11.1. The van der Waals surface area contributed by atoms with Crippen molar-refractivity contribution in [2.75, 3.05) is 13.2 Å². The molecule has 1 saturated heterocycles. The molecule has 3 rings (SSSR count). The molecule has 6 nitrogen and oxygen atoms in total. The van der Waals surface area contributed by atoms with Crippen LogP contribution in [0.5, 0.6) is 0 Å². The van der Waals surface area contributed by atoms with E-state index in [4.69, 9.17) is 13.7 Å². The Morgan fingerprint density at radius 1 is 1.30 bits per heavy atom. The molecule has 0 amide bonds. The maximum atomic E-state index is 5.55. The first kappa shape index (κ1) is 16.2. The maximum absolute atomic E-state index is 5.55. The van der Waals surface area contributed by atoms with Crippen molar-refractivity contribution in [3.05, 3.63) is 35.4 Å². The Balaban J connectivity index is 1.76. The summed E-state index contributed by atoms with van der Waals surface area (Å²) in [5.74, 6) is 3.07. The fourth-order valence-corrected chi connectivity index (χ4v) is 2.90. The second-order valence-corrected chi connectivity index (χ2v) is 6.48. The zero-order chi connectivity index (χ0) is 16.2. The number of rotatable bonds is 6. The third-order valence-electron chi connectivity index (χ3n) is 4.43. The highest BCUT2D eigenvalue weighted by Crippen LogP contribution is 2.30. The Morgan fingerprint density at radius 3 is 2.70 bits per heavy atom. The number of nitrogens with one attached hydrogen (secondary N) is 1. The third-order valence-corrected chi connectivity index (χ3v) is 4.43. The van der Waals surface area contributed by atoms with Gasteiger partial charge >= 0.3 is 0 Å². The van der Waals surface area contributed by atoms with Crippen LogP contribution in [0.2, 0.25) is 0 Å². The summed E-state index contributed by atoms with van der Waals surface area (Å²) in [6, 6.07) is 2.01. The van der Waals surface area contributed by atoms with Gasteiger partial charge in [0.25, 0.3) is 0 Å². The summed E-state index contributed by atoms with van der Waals surface area (Å²) in [7, 11) is 0. The van der Waals surface area contributed by atoms with Gasteiger partial charge < -0.3 is 13.7 Å². The van der Waals surface area contributed by atoms with Crippen LogP contribution < -0.4 is 5.32 Å². The van der Waals surface area contributed by atoms with Crippen molar-refractivity contribution in [3.8, 4) is 0 Å². The van der Waals surface area contributed by atoms with E-state index in [9.17, 15) is 0 Å². The van der Waals surface area contributed by atoms with E-state index in [0.717, 1.165) is 43.2 Å². The topological polar surface area (TPSA) is 73.3 Å². The van der Waals surface area contributed by atoms with Crippen LogP contribution in [0.25, 0.3) is 0 Å². The minimum Gasteiger partial charge on any atom is -0.468 e. The summed E-state index contributed by atoms with van der Waals surface area (Å²) in [6.07, 6.45) is 3.71. The standard InChI is InChI=1S/C17H25N3O3/c1-11(2)16-19-17(23-20-16)15(13-5-7-21-8-6-13)18-10-14-12(3)4-9-22-14/h4,9,11,13,15,18H,5-8,10H2,1-3H3/t15-/m0/s1. The second kappa shape index (κ2) is 7.27. The highest BCUT2D eigenvalue weighted by molar-refractivity contribution is 5.14. The Morgan fingerprint density at radius 2 is 2.09 bits per heavy atom. The van der Waals surface area contributed by atoms with Crippen LogP contribution in [0, 0.1) is 12.8 Å². The molecule has 23 heavy (non-hydrogen) atoms. The van der Waals surface area contributed by atoms with Crippen LogP contribution in [-0.2, 0) is 11.3 Å². The molecule has 0 saturated carbocycles. The van der Waals surface area contributed by atoms with Crippen molar-refractivity contribution >= 4 is 0 Å². The van der Waals surface area contributed by atoms with E-state index in [0.29, 0.717) is 18.4 Å². The average Bonchev–Trinajstić information content (AvgIpc) is 3.19. The number of hydrogen-bond donors (Lipinski definition) is 1. The van der Waals surface area contributed by atoms with Crippen molar-refractivity contribution in [1.82, 2.24) is 15.5 Å². The van der Waals surface area contributed by atoms with Crippen molar-refractivity contribution < 1.29 is 13.7 Å². The number of aromatic nitrogens is 2. The SMILES string of the molecule is Cc1ccoc1CN[C@H](c1nc(C(C)C)no1)C1CCOCC1. The van der Waals surface area contributed by atoms with Crippen molar-refractivity contribution in [2.45, 2.75) is 52.1 Å². The van der Waals surface area contributed by atoms with Gasteiger partial charge in [0.15, 0.2) is 5.82 Å². The van der Waals surface area contributed by atoms with E-state index in [2.05, 4.69) is 29.3 Å². The van der Waals surface area contributed by atoms with Gasteiger partial charge in [0.05, 0.1) is 18.8 Å². The molecule has 1 aliphatic heterocycles. The van der Waals surface area contributed by atoms with Crippen LogP contribution in [0.1, 0.15) is 61.7 Å². The Bertz CT molecular complexity index is 614. The molecule has 126 valence electrons. The van der Waals surface area contributed by atoms with Crippen LogP contribution in [0.3, 0.4) is 0 Å². The molecular formula is C17H25N3O3. The van der Waals surface area contributed by atoms with Crippen LogP contribution >= 0.6 is 0 Å². The fourth-order valence-electron chi connectivity index (χ4n) is 2.90. The van der Waals surface area contributed by atoms with Crippen LogP contribution in [0.15, 0.2) is 21.3 Å².